The molecule has 0 aromatic carbocycles. The highest BCUT2D eigenvalue weighted by atomic mass is 16.3. The Hall–Kier alpha value is -2.46. The Morgan fingerprint density at radius 1 is 0.833 bits per heavy atom. The van der Waals surface area contributed by atoms with Gasteiger partial charge in [0.25, 0.3) is 0 Å². The quantitative estimate of drug-likeness (QED) is 0.795. The third kappa shape index (κ3) is 2.63. The van der Waals surface area contributed by atoms with Crippen molar-refractivity contribution in [1.29, 1.82) is 0 Å². The van der Waals surface area contributed by atoms with Crippen LogP contribution in [0, 0.1) is 34.6 Å². The molecule has 0 fully saturated rings. The highest BCUT2D eigenvalue weighted by molar-refractivity contribution is 5.46. The van der Waals surface area contributed by atoms with Crippen molar-refractivity contribution < 1.29 is 4.42 Å². The molecule has 0 radical (unpaired) electrons. The summed E-state index contributed by atoms with van der Waals surface area (Å²) in [6.45, 7) is 10.0. The van der Waals surface area contributed by atoms with Gasteiger partial charge >= 0.3 is 0 Å². The largest absolute Gasteiger partial charge is 0.464 e. The van der Waals surface area contributed by atoms with E-state index in [4.69, 9.17) is 10.2 Å². The van der Waals surface area contributed by atoms with Gasteiger partial charge in [-0.1, -0.05) is 12.1 Å². The molecule has 0 aliphatic heterocycles. The third-order valence-corrected chi connectivity index (χ3v) is 4.31. The lowest BCUT2D eigenvalue weighted by atomic mass is 9.83. The van der Waals surface area contributed by atoms with Crippen LogP contribution in [0.15, 0.2) is 41.1 Å². The molecular formula is C20H23N3O. The van der Waals surface area contributed by atoms with Gasteiger partial charge in [-0.05, 0) is 69.0 Å². The SMILES string of the molecule is Cc1cnc(C(N)(c2ccc(C)o2)c2ncc(C)cc2C)c(C)c1. The van der Waals surface area contributed by atoms with E-state index in [0.29, 0.717) is 5.76 Å². The molecule has 124 valence electrons. The van der Waals surface area contributed by atoms with Crippen molar-refractivity contribution in [3.05, 3.63) is 81.8 Å². The standard InChI is InChI=1S/C20H23N3O/c1-12-8-14(3)18(22-10-12)20(21,17-7-6-16(5)24-17)19-15(4)9-13(2)11-23-19/h6-11H,21H2,1-5H3. The van der Waals surface area contributed by atoms with Gasteiger partial charge in [-0.15, -0.1) is 0 Å². The van der Waals surface area contributed by atoms with Gasteiger partial charge in [-0.2, -0.15) is 0 Å². The van der Waals surface area contributed by atoms with Gasteiger partial charge in [-0.3, -0.25) is 9.97 Å². The maximum absolute atomic E-state index is 6.96. The topological polar surface area (TPSA) is 64.9 Å². The van der Waals surface area contributed by atoms with E-state index in [1.165, 1.54) is 0 Å². The van der Waals surface area contributed by atoms with Crippen LogP contribution in [0.5, 0.6) is 0 Å². The van der Waals surface area contributed by atoms with Crippen molar-refractivity contribution in [3.63, 3.8) is 0 Å². The molecule has 0 unspecified atom stereocenters. The Bertz CT molecular complexity index is 844. The molecule has 0 amide bonds. The minimum Gasteiger partial charge on any atom is -0.464 e. The lowest BCUT2D eigenvalue weighted by Crippen LogP contribution is -2.42. The summed E-state index contributed by atoms with van der Waals surface area (Å²) in [4.78, 5) is 9.30. The van der Waals surface area contributed by atoms with Crippen LogP contribution in [0.4, 0.5) is 0 Å². The molecule has 0 saturated heterocycles. The molecule has 4 nitrogen and oxygen atoms in total. The van der Waals surface area contributed by atoms with Crippen molar-refractivity contribution in [3.8, 4) is 0 Å². The summed E-state index contributed by atoms with van der Waals surface area (Å²) in [5.41, 5.74) is 11.7. The maximum Gasteiger partial charge on any atom is 0.160 e. The van der Waals surface area contributed by atoms with Gasteiger partial charge in [-0.25, -0.2) is 0 Å². The fourth-order valence-corrected chi connectivity index (χ4v) is 3.25. The molecule has 0 aliphatic rings. The Kier molecular flexibility index (Phi) is 4.01. The zero-order valence-electron chi connectivity index (χ0n) is 14.8. The molecular weight excluding hydrogens is 298 g/mol. The molecule has 0 bridgehead atoms. The first-order valence-corrected chi connectivity index (χ1v) is 8.05. The second-order valence-corrected chi connectivity index (χ2v) is 6.57. The summed E-state index contributed by atoms with van der Waals surface area (Å²) in [7, 11) is 0. The van der Waals surface area contributed by atoms with E-state index in [1.54, 1.807) is 0 Å². The Balaban J connectivity index is 2.33. The summed E-state index contributed by atoms with van der Waals surface area (Å²) < 4.78 is 5.92. The maximum atomic E-state index is 6.96. The van der Waals surface area contributed by atoms with Crippen LogP contribution in [0.1, 0.15) is 45.2 Å². The third-order valence-electron chi connectivity index (χ3n) is 4.31. The summed E-state index contributed by atoms with van der Waals surface area (Å²) in [5, 5.41) is 0. The minimum atomic E-state index is -1.02. The molecule has 0 saturated carbocycles. The van der Waals surface area contributed by atoms with Crippen molar-refractivity contribution in [2.45, 2.75) is 40.2 Å². The Labute approximate surface area is 142 Å². The first kappa shape index (κ1) is 16.4. The number of pyridine rings is 2. The van der Waals surface area contributed by atoms with E-state index in [1.807, 2.05) is 59.1 Å². The predicted molar refractivity (Wildman–Crippen MR) is 94.9 cm³/mol. The highest BCUT2D eigenvalue weighted by Gasteiger charge is 2.40. The lowest BCUT2D eigenvalue weighted by Gasteiger charge is -2.29. The lowest BCUT2D eigenvalue weighted by molar-refractivity contribution is 0.406. The first-order chi connectivity index (χ1) is 11.3. The first-order valence-electron chi connectivity index (χ1n) is 8.05. The van der Waals surface area contributed by atoms with Gasteiger partial charge in [0.1, 0.15) is 11.5 Å². The Morgan fingerprint density at radius 2 is 1.33 bits per heavy atom. The number of hydrogen-bond donors (Lipinski definition) is 1. The van der Waals surface area contributed by atoms with E-state index in [9.17, 15) is 0 Å². The van der Waals surface area contributed by atoms with Crippen LogP contribution < -0.4 is 5.73 Å². The second kappa shape index (κ2) is 5.87. The van der Waals surface area contributed by atoms with E-state index in [2.05, 4.69) is 22.1 Å². The predicted octanol–water partition coefficient (Wildman–Crippen LogP) is 3.86. The molecule has 3 aromatic rings. The van der Waals surface area contributed by atoms with Crippen LogP contribution >= 0.6 is 0 Å². The van der Waals surface area contributed by atoms with Gasteiger partial charge in [0.15, 0.2) is 5.54 Å². The molecule has 3 heterocycles. The van der Waals surface area contributed by atoms with Gasteiger partial charge in [0, 0.05) is 12.4 Å². The molecule has 4 heteroatoms. The zero-order chi connectivity index (χ0) is 17.5. The summed E-state index contributed by atoms with van der Waals surface area (Å²) in [5.74, 6) is 1.47. The summed E-state index contributed by atoms with van der Waals surface area (Å²) >= 11 is 0. The number of nitrogens with two attached hydrogens (primary N) is 1. The van der Waals surface area contributed by atoms with E-state index in [0.717, 1.165) is 39.4 Å². The van der Waals surface area contributed by atoms with Gasteiger partial charge in [0.2, 0.25) is 0 Å². The van der Waals surface area contributed by atoms with E-state index >= 15 is 0 Å². The number of rotatable bonds is 3. The molecule has 2 N–H and O–H groups in total. The zero-order valence-corrected chi connectivity index (χ0v) is 14.8. The number of aromatic nitrogens is 2. The van der Waals surface area contributed by atoms with Crippen LogP contribution in [0.2, 0.25) is 0 Å². The molecule has 3 rings (SSSR count). The monoisotopic (exact) mass is 321 g/mol. The van der Waals surface area contributed by atoms with Gasteiger partial charge < -0.3 is 10.2 Å². The fourth-order valence-electron chi connectivity index (χ4n) is 3.25. The van der Waals surface area contributed by atoms with Crippen molar-refractivity contribution >= 4 is 0 Å². The summed E-state index contributed by atoms with van der Waals surface area (Å²) in [6, 6.07) is 8.01. The van der Waals surface area contributed by atoms with Crippen LogP contribution in [-0.4, -0.2) is 9.97 Å². The fraction of sp³-hybridized carbons (Fsp3) is 0.300. The van der Waals surface area contributed by atoms with E-state index < -0.39 is 5.54 Å². The van der Waals surface area contributed by atoms with Crippen molar-refractivity contribution in [2.75, 3.05) is 0 Å². The number of nitrogens with zero attached hydrogens (tertiary/aromatic N) is 2. The van der Waals surface area contributed by atoms with Crippen LogP contribution in [0.25, 0.3) is 0 Å². The minimum absolute atomic E-state index is 0.652. The molecule has 3 aromatic heterocycles. The van der Waals surface area contributed by atoms with Crippen molar-refractivity contribution in [2.24, 2.45) is 5.73 Å². The molecule has 0 atom stereocenters. The average Bonchev–Trinajstić information content (AvgIpc) is 2.93. The molecule has 24 heavy (non-hydrogen) atoms. The number of hydrogen-bond acceptors (Lipinski definition) is 4. The van der Waals surface area contributed by atoms with Crippen molar-refractivity contribution in [1.82, 2.24) is 9.97 Å². The summed E-state index contributed by atoms with van der Waals surface area (Å²) in [6.07, 6.45) is 3.67. The molecule has 0 aliphatic carbocycles. The van der Waals surface area contributed by atoms with E-state index in [-0.39, 0.29) is 0 Å². The Morgan fingerprint density at radius 3 is 1.71 bits per heavy atom. The second-order valence-electron chi connectivity index (χ2n) is 6.57. The number of aryl methyl sites for hydroxylation is 5. The van der Waals surface area contributed by atoms with Gasteiger partial charge in [0.05, 0.1) is 11.4 Å². The number of furan rings is 1. The van der Waals surface area contributed by atoms with Crippen LogP contribution in [0.3, 0.4) is 0 Å². The molecule has 0 spiro atoms. The highest BCUT2D eigenvalue weighted by Crippen LogP contribution is 2.36. The van der Waals surface area contributed by atoms with Crippen LogP contribution in [-0.2, 0) is 5.54 Å². The average molecular weight is 321 g/mol. The normalized spacial score (nSPS) is 11.8. The smallest absolute Gasteiger partial charge is 0.160 e.